The molecule has 1 saturated carbocycles. The zero-order valence-corrected chi connectivity index (χ0v) is 22.2. The van der Waals surface area contributed by atoms with Crippen LogP contribution in [-0.2, 0) is 6.42 Å². The Morgan fingerprint density at radius 3 is 2.60 bits per heavy atom. The molecule has 1 aliphatic carbocycles. The standard InChI is InChI=1S/C30H30FN5O4/c1-39-21-9-10-32-28(18-21)35-11-13-36(14-12-35)30(38)25-15-19(5-8-26(25)31)16-27-24-17-22(40-20-3-2-4-20)6-7-23(24)29(37)34-33-27/h5-10,15,17-18,20H,2-4,11-14,16H2,1H3,(H,34,37). The normalized spacial score (nSPS) is 15.7. The minimum atomic E-state index is -0.568. The zero-order valence-electron chi connectivity index (χ0n) is 22.2. The Hall–Kier alpha value is -4.47. The number of benzene rings is 2. The smallest absolute Gasteiger partial charge is 0.272 e. The summed E-state index contributed by atoms with van der Waals surface area (Å²) in [4.78, 5) is 33.9. The van der Waals surface area contributed by atoms with Gasteiger partial charge in [-0.15, -0.1) is 0 Å². The first-order valence-corrected chi connectivity index (χ1v) is 13.5. The highest BCUT2D eigenvalue weighted by atomic mass is 19.1. The number of aromatic nitrogens is 3. The maximum atomic E-state index is 14.9. The van der Waals surface area contributed by atoms with E-state index in [-0.39, 0.29) is 23.1 Å². The van der Waals surface area contributed by atoms with E-state index in [1.165, 1.54) is 6.07 Å². The summed E-state index contributed by atoms with van der Waals surface area (Å²) >= 11 is 0. The van der Waals surface area contributed by atoms with Crippen LogP contribution in [0.2, 0.25) is 0 Å². The number of aromatic amines is 1. The van der Waals surface area contributed by atoms with E-state index >= 15 is 0 Å². The number of rotatable bonds is 7. The van der Waals surface area contributed by atoms with E-state index in [4.69, 9.17) is 9.47 Å². The summed E-state index contributed by atoms with van der Waals surface area (Å²) in [5, 5.41) is 8.04. The van der Waals surface area contributed by atoms with Gasteiger partial charge in [0.1, 0.15) is 23.1 Å². The van der Waals surface area contributed by atoms with Crippen molar-refractivity contribution in [2.45, 2.75) is 31.8 Å². The molecule has 0 radical (unpaired) electrons. The van der Waals surface area contributed by atoms with Crippen molar-refractivity contribution in [3.8, 4) is 11.5 Å². The Kier molecular flexibility index (Phi) is 7.06. The van der Waals surface area contributed by atoms with Gasteiger partial charge in [0.2, 0.25) is 0 Å². The first kappa shape index (κ1) is 25.8. The summed E-state index contributed by atoms with van der Waals surface area (Å²) in [6, 6.07) is 13.6. The SMILES string of the molecule is COc1ccnc(N2CCN(C(=O)c3cc(Cc4n[nH]c(=O)c5ccc(OC6CCC6)cc45)ccc3F)CC2)c1. The maximum Gasteiger partial charge on any atom is 0.272 e. The van der Waals surface area contributed by atoms with Crippen molar-refractivity contribution in [2.24, 2.45) is 0 Å². The van der Waals surface area contributed by atoms with Crippen LogP contribution in [0.4, 0.5) is 10.2 Å². The molecular formula is C30H30FN5O4. The molecule has 0 spiro atoms. The van der Waals surface area contributed by atoms with Crippen LogP contribution in [-0.4, -0.2) is 65.4 Å². The highest BCUT2D eigenvalue weighted by Gasteiger charge is 2.25. The summed E-state index contributed by atoms with van der Waals surface area (Å²) < 4.78 is 26.2. The molecule has 10 heteroatoms. The maximum absolute atomic E-state index is 14.9. The van der Waals surface area contributed by atoms with Crippen molar-refractivity contribution in [3.05, 3.63) is 87.7 Å². The minimum absolute atomic E-state index is 0.0215. The number of anilines is 1. The molecule has 1 saturated heterocycles. The summed E-state index contributed by atoms with van der Waals surface area (Å²) in [6.07, 6.45) is 5.42. The van der Waals surface area contributed by atoms with Crippen molar-refractivity contribution < 1.29 is 18.7 Å². The molecule has 6 rings (SSSR count). The molecule has 0 bridgehead atoms. The van der Waals surface area contributed by atoms with E-state index in [2.05, 4.69) is 20.1 Å². The molecule has 206 valence electrons. The third kappa shape index (κ3) is 5.21. The topological polar surface area (TPSA) is 101 Å². The van der Waals surface area contributed by atoms with Gasteiger partial charge in [0.25, 0.3) is 11.5 Å². The largest absolute Gasteiger partial charge is 0.497 e. The number of piperazine rings is 1. The van der Waals surface area contributed by atoms with E-state index < -0.39 is 5.82 Å². The van der Waals surface area contributed by atoms with Crippen molar-refractivity contribution >= 4 is 22.5 Å². The molecule has 1 N–H and O–H groups in total. The van der Waals surface area contributed by atoms with Crippen LogP contribution in [0.25, 0.3) is 10.8 Å². The van der Waals surface area contributed by atoms with Gasteiger partial charge >= 0.3 is 0 Å². The van der Waals surface area contributed by atoms with Crippen molar-refractivity contribution in [1.82, 2.24) is 20.1 Å². The van der Waals surface area contributed by atoms with E-state index in [0.29, 0.717) is 60.6 Å². The summed E-state index contributed by atoms with van der Waals surface area (Å²) in [7, 11) is 1.61. The van der Waals surface area contributed by atoms with Crippen LogP contribution in [0.1, 0.15) is 40.9 Å². The van der Waals surface area contributed by atoms with Gasteiger partial charge < -0.3 is 19.3 Å². The molecular weight excluding hydrogens is 513 g/mol. The Balaban J connectivity index is 1.19. The second-order valence-corrected chi connectivity index (χ2v) is 10.2. The Morgan fingerprint density at radius 1 is 1.02 bits per heavy atom. The molecule has 1 amide bonds. The molecule has 9 nitrogen and oxygen atoms in total. The summed E-state index contributed by atoms with van der Waals surface area (Å²) in [5.74, 6) is 1.27. The van der Waals surface area contributed by atoms with Gasteiger partial charge in [-0.2, -0.15) is 5.10 Å². The second-order valence-electron chi connectivity index (χ2n) is 10.2. The van der Waals surface area contributed by atoms with Gasteiger partial charge in [-0.1, -0.05) is 6.07 Å². The lowest BCUT2D eigenvalue weighted by Gasteiger charge is -2.35. The van der Waals surface area contributed by atoms with Crippen LogP contribution in [0, 0.1) is 5.82 Å². The quantitative estimate of drug-likeness (QED) is 0.377. The first-order valence-electron chi connectivity index (χ1n) is 13.5. The van der Waals surface area contributed by atoms with Crippen molar-refractivity contribution in [1.29, 1.82) is 0 Å². The van der Waals surface area contributed by atoms with Gasteiger partial charge in [0.05, 0.1) is 29.9 Å². The highest BCUT2D eigenvalue weighted by molar-refractivity contribution is 5.95. The Labute approximate surface area is 230 Å². The number of nitrogens with one attached hydrogen (secondary N) is 1. The van der Waals surface area contributed by atoms with Crippen LogP contribution in [0.15, 0.2) is 59.5 Å². The van der Waals surface area contributed by atoms with Gasteiger partial charge in [-0.3, -0.25) is 9.59 Å². The van der Waals surface area contributed by atoms with Crippen LogP contribution >= 0.6 is 0 Å². The second kappa shape index (κ2) is 11.0. The van der Waals surface area contributed by atoms with Gasteiger partial charge in [0, 0.05) is 50.2 Å². The fourth-order valence-corrected chi connectivity index (χ4v) is 5.14. The van der Waals surface area contributed by atoms with Gasteiger partial charge in [-0.05, 0) is 61.2 Å². The number of halogens is 1. The third-order valence-corrected chi connectivity index (χ3v) is 7.67. The van der Waals surface area contributed by atoms with Crippen LogP contribution in [0.3, 0.4) is 0 Å². The number of methoxy groups -OCH3 is 1. The minimum Gasteiger partial charge on any atom is -0.497 e. The zero-order chi connectivity index (χ0) is 27.6. The van der Waals surface area contributed by atoms with Crippen LogP contribution < -0.4 is 19.9 Å². The number of fused-ring (bicyclic) bond motifs is 1. The number of hydrogen-bond acceptors (Lipinski definition) is 7. The predicted octanol–water partition coefficient (Wildman–Crippen LogP) is 3.95. The van der Waals surface area contributed by atoms with Gasteiger partial charge in [-0.25, -0.2) is 14.5 Å². The Bertz CT molecular complexity index is 1610. The van der Waals surface area contributed by atoms with E-state index in [0.717, 1.165) is 30.6 Å². The molecule has 40 heavy (non-hydrogen) atoms. The molecule has 3 heterocycles. The monoisotopic (exact) mass is 543 g/mol. The summed E-state index contributed by atoms with van der Waals surface area (Å²) in [5.41, 5.74) is 1.08. The average Bonchev–Trinajstić information content (AvgIpc) is 2.97. The van der Waals surface area contributed by atoms with E-state index in [1.807, 2.05) is 12.1 Å². The molecule has 4 aromatic rings. The Morgan fingerprint density at radius 2 is 1.85 bits per heavy atom. The lowest BCUT2D eigenvalue weighted by Crippen LogP contribution is -2.49. The van der Waals surface area contributed by atoms with E-state index in [1.54, 1.807) is 48.5 Å². The fraction of sp³-hybridized carbons (Fsp3) is 0.333. The lowest BCUT2D eigenvalue weighted by molar-refractivity contribution is 0.0741. The number of hydrogen-bond donors (Lipinski definition) is 1. The molecule has 0 atom stereocenters. The number of H-pyrrole nitrogens is 1. The lowest BCUT2D eigenvalue weighted by atomic mass is 9.96. The molecule has 2 aromatic carbocycles. The van der Waals surface area contributed by atoms with Crippen molar-refractivity contribution in [2.75, 3.05) is 38.2 Å². The number of nitrogens with zero attached hydrogens (tertiary/aromatic N) is 4. The number of amides is 1. The first-order chi connectivity index (χ1) is 19.5. The third-order valence-electron chi connectivity index (χ3n) is 7.67. The molecule has 1 aliphatic heterocycles. The predicted molar refractivity (Wildman–Crippen MR) is 149 cm³/mol. The molecule has 2 aliphatic rings. The highest BCUT2D eigenvalue weighted by Crippen LogP contribution is 2.28. The number of pyridine rings is 1. The van der Waals surface area contributed by atoms with Gasteiger partial charge in [0.15, 0.2) is 0 Å². The average molecular weight is 544 g/mol. The van der Waals surface area contributed by atoms with Crippen LogP contribution in [0.5, 0.6) is 11.5 Å². The van der Waals surface area contributed by atoms with E-state index in [9.17, 15) is 14.0 Å². The number of ether oxygens (including phenoxy) is 2. The van der Waals surface area contributed by atoms with Crippen molar-refractivity contribution in [3.63, 3.8) is 0 Å². The molecule has 2 fully saturated rings. The number of carbonyl (C=O) groups is 1. The number of carbonyl (C=O) groups excluding carboxylic acids is 1. The summed E-state index contributed by atoms with van der Waals surface area (Å²) in [6.45, 7) is 2.03. The molecule has 2 aromatic heterocycles. The fourth-order valence-electron chi connectivity index (χ4n) is 5.14. The molecule has 0 unspecified atom stereocenters.